The van der Waals surface area contributed by atoms with E-state index in [-0.39, 0.29) is 18.4 Å². The van der Waals surface area contributed by atoms with Crippen molar-refractivity contribution in [1.82, 2.24) is 10.2 Å². The summed E-state index contributed by atoms with van der Waals surface area (Å²) in [5, 5.41) is 6.24. The van der Waals surface area contributed by atoms with E-state index in [1.165, 1.54) is 11.8 Å². The van der Waals surface area contributed by atoms with Crippen molar-refractivity contribution in [2.75, 3.05) is 13.2 Å². The van der Waals surface area contributed by atoms with Crippen molar-refractivity contribution in [3.63, 3.8) is 0 Å². The van der Waals surface area contributed by atoms with Gasteiger partial charge in [-0.25, -0.2) is 9.79 Å². The number of thioether (sulfide) groups is 1. The van der Waals surface area contributed by atoms with E-state index in [0.717, 1.165) is 35.9 Å². The number of nitrogens with zero attached hydrogens (tertiary/aromatic N) is 2. The summed E-state index contributed by atoms with van der Waals surface area (Å²) in [7, 11) is 0. The molecule has 0 saturated carbocycles. The van der Waals surface area contributed by atoms with Crippen LogP contribution in [0.3, 0.4) is 0 Å². The zero-order valence-electron chi connectivity index (χ0n) is 19.9. The van der Waals surface area contributed by atoms with Gasteiger partial charge in [0, 0.05) is 23.9 Å². The van der Waals surface area contributed by atoms with Crippen molar-refractivity contribution < 1.29 is 19.1 Å². The van der Waals surface area contributed by atoms with E-state index in [1.54, 1.807) is 12.1 Å². The zero-order chi connectivity index (χ0) is 24.5. The van der Waals surface area contributed by atoms with Crippen LogP contribution in [0.25, 0.3) is 0 Å². The molecule has 1 N–H and O–H groups in total. The molecule has 1 aromatic carbocycles. The highest BCUT2D eigenvalue weighted by Crippen LogP contribution is 2.45. The lowest BCUT2D eigenvalue weighted by atomic mass is 9.93. The summed E-state index contributed by atoms with van der Waals surface area (Å²) in [6, 6.07) is 6.90. The molecule has 0 unspecified atom stereocenters. The highest BCUT2D eigenvalue weighted by Gasteiger charge is 2.41. The van der Waals surface area contributed by atoms with Gasteiger partial charge >= 0.3 is 5.97 Å². The highest BCUT2D eigenvalue weighted by atomic mass is 35.5. The van der Waals surface area contributed by atoms with Gasteiger partial charge in [-0.3, -0.25) is 4.79 Å². The molecule has 0 aromatic heterocycles. The summed E-state index contributed by atoms with van der Waals surface area (Å²) in [6.45, 7) is 8.58. The van der Waals surface area contributed by atoms with Crippen LogP contribution in [-0.4, -0.2) is 46.8 Å². The van der Waals surface area contributed by atoms with E-state index in [9.17, 15) is 9.59 Å². The lowest BCUT2D eigenvalue weighted by Gasteiger charge is -2.37. The van der Waals surface area contributed by atoms with Crippen LogP contribution in [0, 0.1) is 0 Å². The molecular formula is C25H30ClN3O4S. The van der Waals surface area contributed by atoms with Crippen LogP contribution in [0.2, 0.25) is 5.02 Å². The number of carbonyl (C=O) groups excluding carboxylic acids is 2. The van der Waals surface area contributed by atoms with Crippen molar-refractivity contribution in [2.24, 2.45) is 4.99 Å². The first-order valence-electron chi connectivity index (χ1n) is 11.4. The number of allylic oxidation sites excluding steroid dienone is 1. The van der Waals surface area contributed by atoms with E-state index in [0.29, 0.717) is 22.8 Å². The predicted octanol–water partition coefficient (Wildman–Crippen LogP) is 4.94. The zero-order valence-corrected chi connectivity index (χ0v) is 21.5. The minimum atomic E-state index is -0.653. The summed E-state index contributed by atoms with van der Waals surface area (Å²) in [5.74, 6) is -0.518. The number of rotatable bonds is 6. The van der Waals surface area contributed by atoms with Gasteiger partial charge in [-0.05, 0) is 63.6 Å². The summed E-state index contributed by atoms with van der Waals surface area (Å²) >= 11 is 7.59. The fourth-order valence-corrected chi connectivity index (χ4v) is 5.27. The van der Waals surface area contributed by atoms with Crippen LogP contribution in [0.4, 0.5) is 0 Å². The SMILES string of the molecule is CC1=C(C(=O)OC(C)(C)C)[C@H](c2ccc(Cl)cc2)N2C(CC(=O)NC[C@H]3CCCO3)=CSC2=N1. The third-order valence-corrected chi connectivity index (χ3v) is 6.84. The molecule has 0 spiro atoms. The van der Waals surface area contributed by atoms with Crippen LogP contribution in [-0.2, 0) is 19.1 Å². The van der Waals surface area contributed by atoms with Crippen LogP contribution in [0.15, 0.2) is 51.6 Å². The molecule has 34 heavy (non-hydrogen) atoms. The third kappa shape index (κ3) is 5.67. The number of amidine groups is 1. The minimum absolute atomic E-state index is 0.0779. The molecule has 1 aromatic rings. The normalized spacial score (nSPS) is 22.3. The largest absolute Gasteiger partial charge is 0.456 e. The Bertz CT molecular complexity index is 1050. The van der Waals surface area contributed by atoms with Gasteiger partial charge in [0.15, 0.2) is 5.17 Å². The number of fused-ring (bicyclic) bond motifs is 1. The van der Waals surface area contributed by atoms with Gasteiger partial charge in [-0.2, -0.15) is 0 Å². The van der Waals surface area contributed by atoms with Crippen LogP contribution < -0.4 is 5.32 Å². The third-order valence-electron chi connectivity index (χ3n) is 5.70. The smallest absolute Gasteiger partial charge is 0.338 e. The Kier molecular flexibility index (Phi) is 7.40. The average molecular weight is 504 g/mol. The van der Waals surface area contributed by atoms with E-state index >= 15 is 0 Å². The summed E-state index contributed by atoms with van der Waals surface area (Å²) in [5.41, 5.74) is 2.05. The molecule has 182 valence electrons. The first-order valence-corrected chi connectivity index (χ1v) is 12.7. The molecule has 3 aliphatic heterocycles. The number of halogens is 1. The fourth-order valence-electron chi connectivity index (χ4n) is 4.18. The Balaban J connectivity index is 1.61. The molecule has 1 fully saturated rings. The van der Waals surface area contributed by atoms with E-state index in [4.69, 9.17) is 26.1 Å². The van der Waals surface area contributed by atoms with Crippen LogP contribution >= 0.6 is 23.4 Å². The van der Waals surface area contributed by atoms with Gasteiger partial charge in [0.1, 0.15) is 5.60 Å². The average Bonchev–Trinajstić information content (AvgIpc) is 3.41. The Morgan fingerprint density at radius 2 is 2.03 bits per heavy atom. The van der Waals surface area contributed by atoms with Crippen molar-refractivity contribution in [3.05, 3.63) is 57.2 Å². The second-order valence-corrected chi connectivity index (χ2v) is 10.8. The molecule has 2 atom stereocenters. The number of carbonyl (C=O) groups is 2. The number of hydrogen-bond donors (Lipinski definition) is 1. The highest BCUT2D eigenvalue weighted by molar-refractivity contribution is 8.16. The molecule has 7 nitrogen and oxygen atoms in total. The summed E-state index contributed by atoms with van der Waals surface area (Å²) in [6.07, 6.45) is 2.24. The summed E-state index contributed by atoms with van der Waals surface area (Å²) in [4.78, 5) is 32.8. The molecular weight excluding hydrogens is 474 g/mol. The first-order chi connectivity index (χ1) is 16.1. The second-order valence-electron chi connectivity index (χ2n) is 9.56. The number of aliphatic imine (C=N–C) groups is 1. The Labute approximate surface area is 209 Å². The van der Waals surface area contributed by atoms with Crippen LogP contribution in [0.1, 0.15) is 58.6 Å². The van der Waals surface area contributed by atoms with E-state index in [1.807, 2.05) is 50.1 Å². The van der Waals surface area contributed by atoms with Crippen molar-refractivity contribution in [3.8, 4) is 0 Å². The summed E-state index contributed by atoms with van der Waals surface area (Å²) < 4.78 is 11.3. The monoisotopic (exact) mass is 503 g/mol. The lowest BCUT2D eigenvalue weighted by molar-refractivity contribution is -0.150. The van der Waals surface area contributed by atoms with E-state index in [2.05, 4.69) is 5.32 Å². The van der Waals surface area contributed by atoms with Gasteiger partial charge in [-0.1, -0.05) is 35.5 Å². The first kappa shape index (κ1) is 24.8. The minimum Gasteiger partial charge on any atom is -0.456 e. The number of esters is 1. The molecule has 3 heterocycles. The van der Waals surface area contributed by atoms with Crippen molar-refractivity contribution in [1.29, 1.82) is 0 Å². The van der Waals surface area contributed by atoms with Gasteiger partial charge < -0.3 is 19.7 Å². The molecule has 9 heteroatoms. The van der Waals surface area contributed by atoms with Crippen molar-refractivity contribution >= 4 is 40.4 Å². The Hall–Kier alpha value is -2.29. The molecule has 3 aliphatic rings. The van der Waals surface area contributed by atoms with Crippen LogP contribution in [0.5, 0.6) is 0 Å². The molecule has 1 saturated heterocycles. The second kappa shape index (κ2) is 10.1. The maximum absolute atomic E-state index is 13.3. The van der Waals surface area contributed by atoms with Gasteiger partial charge in [0.2, 0.25) is 5.91 Å². The number of benzene rings is 1. The lowest BCUT2D eigenvalue weighted by Crippen LogP contribution is -2.39. The maximum Gasteiger partial charge on any atom is 0.338 e. The van der Waals surface area contributed by atoms with Gasteiger partial charge in [-0.15, -0.1) is 0 Å². The molecule has 0 bridgehead atoms. The molecule has 1 amide bonds. The predicted molar refractivity (Wildman–Crippen MR) is 134 cm³/mol. The van der Waals surface area contributed by atoms with E-state index < -0.39 is 17.6 Å². The fraction of sp³-hybridized carbons (Fsp3) is 0.480. The topological polar surface area (TPSA) is 80.2 Å². The molecule has 0 radical (unpaired) electrons. The number of amides is 1. The van der Waals surface area contributed by atoms with Gasteiger partial charge in [0.25, 0.3) is 0 Å². The number of hydrogen-bond acceptors (Lipinski definition) is 7. The number of ether oxygens (including phenoxy) is 2. The standard InChI is InChI=1S/C25H30ClN3O4S/c1-15-21(23(31)33-25(2,3)4)22(16-7-9-17(26)10-8-16)29-18(14-34-24(29)28-15)12-20(30)27-13-19-6-5-11-32-19/h7-10,14,19,22H,5-6,11-13H2,1-4H3,(H,27,30)/t19-,22+/m1/s1. The maximum atomic E-state index is 13.3. The Morgan fingerprint density at radius 1 is 1.29 bits per heavy atom. The molecule has 4 rings (SSSR count). The quantitative estimate of drug-likeness (QED) is 0.554. The molecule has 0 aliphatic carbocycles. The number of nitrogens with one attached hydrogen (secondary N) is 1. The van der Waals surface area contributed by atoms with Gasteiger partial charge in [0.05, 0.1) is 29.8 Å². The Morgan fingerprint density at radius 3 is 2.68 bits per heavy atom. The van der Waals surface area contributed by atoms with Crippen molar-refractivity contribution in [2.45, 2.75) is 64.7 Å².